The van der Waals surface area contributed by atoms with E-state index in [1.807, 2.05) is 30.3 Å². The van der Waals surface area contributed by atoms with Gasteiger partial charge in [-0.05, 0) is 12.1 Å². The minimum Gasteiger partial charge on any atom is -0.485 e. The zero-order chi connectivity index (χ0) is 12.4. The Kier molecular flexibility index (Phi) is 2.90. The maximum absolute atomic E-state index is 12.1. The molecule has 2 heterocycles. The van der Waals surface area contributed by atoms with Crippen LogP contribution in [0, 0.1) is 0 Å². The Hall–Kier alpha value is -2.01. The third-order valence-electron chi connectivity index (χ3n) is 2.54. The van der Waals surface area contributed by atoms with E-state index in [-0.39, 0.29) is 5.91 Å². The van der Waals surface area contributed by atoms with E-state index in [9.17, 15) is 4.79 Å². The molecule has 0 unspecified atom stereocenters. The summed E-state index contributed by atoms with van der Waals surface area (Å²) in [7, 11) is 0. The van der Waals surface area contributed by atoms with E-state index in [1.54, 1.807) is 5.38 Å². The van der Waals surface area contributed by atoms with Crippen LogP contribution in [0.3, 0.4) is 0 Å². The van der Waals surface area contributed by atoms with Gasteiger partial charge in [0.25, 0.3) is 5.91 Å². The first kappa shape index (κ1) is 11.1. The first-order valence-corrected chi connectivity index (χ1v) is 6.46. The maximum Gasteiger partial charge on any atom is 0.269 e. The first-order valence-electron chi connectivity index (χ1n) is 5.58. The monoisotopic (exact) mass is 261 g/mol. The number of amides is 1. The van der Waals surface area contributed by atoms with E-state index in [1.165, 1.54) is 11.3 Å². The molecule has 0 spiro atoms. The van der Waals surface area contributed by atoms with Crippen molar-refractivity contribution in [3.8, 4) is 11.5 Å². The number of para-hydroxylation sites is 1. The zero-order valence-corrected chi connectivity index (χ0v) is 10.3. The van der Waals surface area contributed by atoms with Crippen LogP contribution in [0.15, 0.2) is 35.7 Å². The third kappa shape index (κ3) is 2.04. The first-order chi connectivity index (χ1) is 8.84. The number of hydrogen-bond acceptors (Lipinski definition) is 4. The van der Waals surface area contributed by atoms with Crippen LogP contribution in [0.1, 0.15) is 9.67 Å². The Balaban J connectivity index is 1.83. The van der Waals surface area contributed by atoms with E-state index in [0.29, 0.717) is 29.6 Å². The normalized spacial score (nSPS) is 13.1. The van der Waals surface area contributed by atoms with Crippen molar-refractivity contribution in [3.05, 3.63) is 40.6 Å². The summed E-state index contributed by atoms with van der Waals surface area (Å²) >= 11 is 1.33. The summed E-state index contributed by atoms with van der Waals surface area (Å²) in [5.74, 6) is 1.04. The third-order valence-corrected chi connectivity index (χ3v) is 3.48. The van der Waals surface area contributed by atoms with Gasteiger partial charge in [-0.3, -0.25) is 4.79 Å². The summed E-state index contributed by atoms with van der Waals surface area (Å²) in [6.45, 7) is 1.01. The minimum atomic E-state index is -0.169. The quantitative estimate of drug-likeness (QED) is 0.904. The van der Waals surface area contributed by atoms with Crippen LogP contribution in [0.5, 0.6) is 11.5 Å². The SMILES string of the molecule is O=C(Nc1ccccc1)c1scc2c1OCCO2. The Labute approximate surface area is 108 Å². The summed E-state index contributed by atoms with van der Waals surface area (Å²) in [6, 6.07) is 9.34. The lowest BCUT2D eigenvalue weighted by molar-refractivity contribution is 0.102. The molecule has 1 aliphatic heterocycles. The van der Waals surface area contributed by atoms with Gasteiger partial charge in [-0.1, -0.05) is 18.2 Å². The van der Waals surface area contributed by atoms with Crippen molar-refractivity contribution in [1.29, 1.82) is 0 Å². The maximum atomic E-state index is 12.1. The van der Waals surface area contributed by atoms with Crippen LogP contribution in [0.2, 0.25) is 0 Å². The number of carbonyl (C=O) groups excluding carboxylic acids is 1. The number of hydrogen-bond donors (Lipinski definition) is 1. The molecule has 1 amide bonds. The molecule has 0 fully saturated rings. The molecule has 1 N–H and O–H groups in total. The Morgan fingerprint density at radius 3 is 2.78 bits per heavy atom. The average molecular weight is 261 g/mol. The highest BCUT2D eigenvalue weighted by Gasteiger charge is 2.23. The van der Waals surface area contributed by atoms with Crippen molar-refractivity contribution < 1.29 is 14.3 Å². The van der Waals surface area contributed by atoms with E-state index < -0.39 is 0 Å². The predicted molar refractivity (Wildman–Crippen MR) is 69.7 cm³/mol. The molecule has 3 rings (SSSR count). The lowest BCUT2D eigenvalue weighted by Gasteiger charge is -2.15. The minimum absolute atomic E-state index is 0.169. The van der Waals surface area contributed by atoms with Crippen molar-refractivity contribution in [1.82, 2.24) is 0 Å². The average Bonchev–Trinajstić information content (AvgIpc) is 2.84. The standard InChI is InChI=1S/C13H11NO3S/c15-13(14-9-4-2-1-3-5-9)12-11-10(8-18-12)16-6-7-17-11/h1-5,8H,6-7H2,(H,14,15). The topological polar surface area (TPSA) is 47.6 Å². The van der Waals surface area contributed by atoms with Crippen molar-refractivity contribution in [2.24, 2.45) is 0 Å². The molecular formula is C13H11NO3S. The highest BCUT2D eigenvalue weighted by atomic mass is 32.1. The van der Waals surface area contributed by atoms with Gasteiger partial charge < -0.3 is 14.8 Å². The molecule has 2 aromatic rings. The van der Waals surface area contributed by atoms with Gasteiger partial charge in [0.2, 0.25) is 0 Å². The second-order valence-corrected chi connectivity index (χ2v) is 4.65. The predicted octanol–water partition coefficient (Wildman–Crippen LogP) is 2.77. The van der Waals surface area contributed by atoms with Crippen molar-refractivity contribution in [3.63, 3.8) is 0 Å². The number of carbonyl (C=O) groups is 1. The Morgan fingerprint density at radius 1 is 1.17 bits per heavy atom. The van der Waals surface area contributed by atoms with Gasteiger partial charge in [-0.2, -0.15) is 0 Å². The second-order valence-electron chi connectivity index (χ2n) is 3.78. The number of rotatable bonds is 2. The summed E-state index contributed by atoms with van der Waals surface area (Å²) in [5.41, 5.74) is 0.765. The fourth-order valence-electron chi connectivity index (χ4n) is 1.73. The number of fused-ring (bicyclic) bond motifs is 1. The molecule has 18 heavy (non-hydrogen) atoms. The molecule has 1 aliphatic rings. The Morgan fingerprint density at radius 2 is 1.94 bits per heavy atom. The number of nitrogens with one attached hydrogen (secondary N) is 1. The lowest BCUT2D eigenvalue weighted by atomic mass is 10.3. The summed E-state index contributed by atoms with van der Waals surface area (Å²) in [4.78, 5) is 12.7. The van der Waals surface area contributed by atoms with Crippen molar-refractivity contribution >= 4 is 22.9 Å². The molecule has 0 bridgehead atoms. The van der Waals surface area contributed by atoms with Gasteiger partial charge >= 0.3 is 0 Å². The fourth-order valence-corrected chi connectivity index (χ4v) is 2.55. The van der Waals surface area contributed by atoms with E-state index in [0.717, 1.165) is 5.69 Å². The molecule has 5 heteroatoms. The van der Waals surface area contributed by atoms with Gasteiger partial charge in [0.1, 0.15) is 18.1 Å². The molecule has 0 saturated carbocycles. The molecule has 4 nitrogen and oxygen atoms in total. The number of thiophene rings is 1. The molecule has 0 radical (unpaired) electrons. The van der Waals surface area contributed by atoms with Crippen LogP contribution in [0.4, 0.5) is 5.69 Å². The zero-order valence-electron chi connectivity index (χ0n) is 9.51. The van der Waals surface area contributed by atoms with Crippen LogP contribution in [0.25, 0.3) is 0 Å². The highest BCUT2D eigenvalue weighted by molar-refractivity contribution is 7.13. The molecule has 92 valence electrons. The fraction of sp³-hybridized carbons (Fsp3) is 0.154. The van der Waals surface area contributed by atoms with E-state index in [2.05, 4.69) is 5.32 Å². The summed E-state index contributed by atoms with van der Waals surface area (Å²) in [5, 5.41) is 4.63. The van der Waals surface area contributed by atoms with Gasteiger partial charge in [-0.25, -0.2) is 0 Å². The Bertz CT molecular complexity index is 565. The summed E-state index contributed by atoms with van der Waals surface area (Å²) in [6.07, 6.45) is 0. The van der Waals surface area contributed by atoms with E-state index >= 15 is 0 Å². The second kappa shape index (κ2) is 4.70. The smallest absolute Gasteiger partial charge is 0.269 e. The van der Waals surface area contributed by atoms with Crippen LogP contribution in [-0.4, -0.2) is 19.1 Å². The molecule has 0 saturated heterocycles. The number of benzene rings is 1. The van der Waals surface area contributed by atoms with Gasteiger partial charge in [0.15, 0.2) is 11.5 Å². The van der Waals surface area contributed by atoms with Crippen molar-refractivity contribution in [2.45, 2.75) is 0 Å². The van der Waals surface area contributed by atoms with Gasteiger partial charge in [0.05, 0.1) is 0 Å². The molecule has 0 aliphatic carbocycles. The van der Waals surface area contributed by atoms with Gasteiger partial charge in [0, 0.05) is 11.1 Å². The highest BCUT2D eigenvalue weighted by Crippen LogP contribution is 2.39. The van der Waals surface area contributed by atoms with Gasteiger partial charge in [-0.15, -0.1) is 11.3 Å². The number of ether oxygens (including phenoxy) is 2. The van der Waals surface area contributed by atoms with Crippen LogP contribution >= 0.6 is 11.3 Å². The molecule has 0 atom stereocenters. The molecular weight excluding hydrogens is 250 g/mol. The molecule has 1 aromatic carbocycles. The molecule has 1 aromatic heterocycles. The number of anilines is 1. The lowest BCUT2D eigenvalue weighted by Crippen LogP contribution is -2.17. The van der Waals surface area contributed by atoms with Crippen molar-refractivity contribution in [2.75, 3.05) is 18.5 Å². The van der Waals surface area contributed by atoms with Crippen LogP contribution in [-0.2, 0) is 0 Å². The summed E-state index contributed by atoms with van der Waals surface area (Å²) < 4.78 is 10.9. The largest absolute Gasteiger partial charge is 0.485 e. The van der Waals surface area contributed by atoms with Crippen LogP contribution < -0.4 is 14.8 Å². The van der Waals surface area contributed by atoms with E-state index in [4.69, 9.17) is 9.47 Å².